The lowest BCUT2D eigenvalue weighted by atomic mass is 9.97. The molecule has 1 saturated heterocycles. The van der Waals surface area contributed by atoms with E-state index in [0.717, 1.165) is 102 Å². The molecule has 1 aliphatic heterocycles. The predicted molar refractivity (Wildman–Crippen MR) is 174 cm³/mol. The Morgan fingerprint density at radius 1 is 0.643 bits per heavy atom. The maximum atomic E-state index is 12.9. The van der Waals surface area contributed by atoms with Gasteiger partial charge in [0.05, 0.1) is 25.7 Å². The Morgan fingerprint density at radius 2 is 1.12 bits per heavy atom. The van der Waals surface area contributed by atoms with Gasteiger partial charge in [0.2, 0.25) is 0 Å². The second-order valence-electron chi connectivity index (χ2n) is 12.0. The van der Waals surface area contributed by atoms with Crippen molar-refractivity contribution >= 4 is 29.7 Å². The molecule has 0 N–H and O–H groups in total. The van der Waals surface area contributed by atoms with Crippen molar-refractivity contribution in [1.82, 2.24) is 4.90 Å². The SMILES string of the molecule is CCCCOC(=O)CCCCCCCCCSC1CN(C)CCC1C(=O)OCCCCCCCCC(=O)OCCCC. The number of carbonyl (C=O) groups is 3. The summed E-state index contributed by atoms with van der Waals surface area (Å²) in [5.41, 5.74) is 0. The first-order valence-electron chi connectivity index (χ1n) is 17.3. The molecule has 1 fully saturated rings. The molecule has 0 amide bonds. The summed E-state index contributed by atoms with van der Waals surface area (Å²) >= 11 is 1.96. The average molecular weight is 614 g/mol. The molecule has 42 heavy (non-hydrogen) atoms. The Kier molecular flexibility index (Phi) is 25.2. The zero-order chi connectivity index (χ0) is 30.7. The maximum absolute atomic E-state index is 12.9. The summed E-state index contributed by atoms with van der Waals surface area (Å²) in [4.78, 5) is 38.5. The van der Waals surface area contributed by atoms with E-state index < -0.39 is 0 Å². The van der Waals surface area contributed by atoms with E-state index in [0.29, 0.717) is 37.9 Å². The van der Waals surface area contributed by atoms with Crippen LogP contribution in [0, 0.1) is 5.92 Å². The number of nitrogens with zero attached hydrogens (tertiary/aromatic N) is 1. The first kappa shape index (κ1) is 38.7. The highest BCUT2D eigenvalue weighted by Crippen LogP contribution is 2.30. The summed E-state index contributed by atoms with van der Waals surface area (Å²) in [6, 6.07) is 0. The molecule has 0 spiro atoms. The summed E-state index contributed by atoms with van der Waals surface area (Å²) in [5.74, 6) is 0.996. The van der Waals surface area contributed by atoms with Gasteiger partial charge in [-0.25, -0.2) is 0 Å². The van der Waals surface area contributed by atoms with Crippen molar-refractivity contribution in [2.75, 3.05) is 45.7 Å². The highest BCUT2D eigenvalue weighted by atomic mass is 32.2. The van der Waals surface area contributed by atoms with Crippen LogP contribution < -0.4 is 0 Å². The number of hydrogen-bond donors (Lipinski definition) is 0. The van der Waals surface area contributed by atoms with E-state index in [-0.39, 0.29) is 23.8 Å². The van der Waals surface area contributed by atoms with Gasteiger partial charge in [-0.3, -0.25) is 14.4 Å². The normalized spacial score (nSPS) is 17.2. The minimum absolute atomic E-state index is 0.00331. The van der Waals surface area contributed by atoms with Crippen LogP contribution in [-0.4, -0.2) is 73.8 Å². The van der Waals surface area contributed by atoms with Crippen molar-refractivity contribution in [2.24, 2.45) is 5.92 Å². The average Bonchev–Trinajstić information content (AvgIpc) is 2.97. The topological polar surface area (TPSA) is 82.1 Å². The Labute approximate surface area is 261 Å². The monoisotopic (exact) mass is 613 g/mol. The number of esters is 3. The van der Waals surface area contributed by atoms with Gasteiger partial charge in [-0.05, 0) is 64.3 Å². The van der Waals surface area contributed by atoms with Crippen LogP contribution in [0.4, 0.5) is 0 Å². The molecule has 0 aromatic heterocycles. The fraction of sp³-hybridized carbons (Fsp3) is 0.912. The lowest BCUT2D eigenvalue weighted by Gasteiger charge is -2.35. The van der Waals surface area contributed by atoms with Gasteiger partial charge in [0.25, 0.3) is 0 Å². The van der Waals surface area contributed by atoms with Crippen molar-refractivity contribution < 1.29 is 28.6 Å². The van der Waals surface area contributed by atoms with Gasteiger partial charge in [-0.1, -0.05) is 84.5 Å². The molecule has 0 bridgehead atoms. The van der Waals surface area contributed by atoms with Crippen LogP contribution in [-0.2, 0) is 28.6 Å². The van der Waals surface area contributed by atoms with Gasteiger partial charge < -0.3 is 19.1 Å². The van der Waals surface area contributed by atoms with Crippen molar-refractivity contribution in [3.05, 3.63) is 0 Å². The number of rotatable bonds is 27. The van der Waals surface area contributed by atoms with E-state index in [4.69, 9.17) is 14.2 Å². The van der Waals surface area contributed by atoms with Crippen molar-refractivity contribution in [2.45, 2.75) is 148 Å². The molecular weight excluding hydrogens is 550 g/mol. The number of unbranched alkanes of at least 4 members (excludes halogenated alkanes) is 13. The third-order valence-electron chi connectivity index (χ3n) is 7.96. The quantitative estimate of drug-likeness (QED) is 0.0522. The molecule has 0 aliphatic carbocycles. The first-order valence-corrected chi connectivity index (χ1v) is 18.3. The van der Waals surface area contributed by atoms with E-state index in [1.807, 2.05) is 11.8 Å². The van der Waals surface area contributed by atoms with Crippen LogP contribution >= 0.6 is 11.8 Å². The number of likely N-dealkylation sites (tertiary alicyclic amines) is 1. The molecule has 1 rings (SSSR count). The van der Waals surface area contributed by atoms with Crippen LogP contribution in [0.3, 0.4) is 0 Å². The van der Waals surface area contributed by atoms with Crippen LogP contribution in [0.25, 0.3) is 0 Å². The Morgan fingerprint density at radius 3 is 1.67 bits per heavy atom. The Balaban J connectivity index is 2.05. The van der Waals surface area contributed by atoms with E-state index in [9.17, 15) is 14.4 Å². The van der Waals surface area contributed by atoms with E-state index in [2.05, 4.69) is 25.8 Å². The van der Waals surface area contributed by atoms with Gasteiger partial charge in [-0.2, -0.15) is 11.8 Å². The van der Waals surface area contributed by atoms with Crippen LogP contribution in [0.2, 0.25) is 0 Å². The molecule has 0 saturated carbocycles. The molecular formula is C34H63NO6S. The van der Waals surface area contributed by atoms with Gasteiger partial charge in [0.15, 0.2) is 0 Å². The second-order valence-corrected chi connectivity index (χ2v) is 13.3. The lowest BCUT2D eigenvalue weighted by molar-refractivity contribution is -0.150. The lowest BCUT2D eigenvalue weighted by Crippen LogP contribution is -2.44. The first-order chi connectivity index (χ1) is 20.5. The van der Waals surface area contributed by atoms with E-state index in [1.54, 1.807) is 0 Å². The van der Waals surface area contributed by atoms with Crippen molar-refractivity contribution in [1.29, 1.82) is 0 Å². The fourth-order valence-electron chi connectivity index (χ4n) is 5.16. The van der Waals surface area contributed by atoms with Crippen LogP contribution in [0.1, 0.15) is 142 Å². The van der Waals surface area contributed by atoms with Gasteiger partial charge in [-0.15, -0.1) is 0 Å². The summed E-state index contributed by atoms with van der Waals surface area (Å²) in [5, 5.41) is 0.321. The summed E-state index contributed by atoms with van der Waals surface area (Å²) in [6.07, 6.45) is 20.2. The molecule has 1 aliphatic rings. The van der Waals surface area contributed by atoms with Gasteiger partial charge >= 0.3 is 17.9 Å². The number of ether oxygens (including phenoxy) is 3. The maximum Gasteiger partial charge on any atom is 0.310 e. The summed E-state index contributed by atoms with van der Waals surface area (Å²) in [7, 11) is 2.15. The van der Waals surface area contributed by atoms with E-state index >= 15 is 0 Å². The Bertz CT molecular complexity index is 691. The fourth-order valence-corrected chi connectivity index (χ4v) is 6.68. The zero-order valence-electron chi connectivity index (χ0n) is 27.3. The molecule has 1 heterocycles. The third-order valence-corrected chi connectivity index (χ3v) is 9.39. The largest absolute Gasteiger partial charge is 0.466 e. The van der Waals surface area contributed by atoms with Gasteiger partial charge in [0.1, 0.15) is 0 Å². The molecule has 0 aromatic rings. The minimum atomic E-state index is -0.0675. The highest BCUT2D eigenvalue weighted by Gasteiger charge is 2.34. The predicted octanol–water partition coefficient (Wildman–Crippen LogP) is 8.12. The van der Waals surface area contributed by atoms with Crippen molar-refractivity contribution in [3.63, 3.8) is 0 Å². The molecule has 246 valence electrons. The summed E-state index contributed by atoms with van der Waals surface area (Å²) < 4.78 is 16.1. The number of carbonyl (C=O) groups excluding carboxylic acids is 3. The number of thioether (sulfide) groups is 1. The standard InChI is InChI=1S/C34H63NO6S/c1-4-6-25-39-32(36)21-17-13-9-8-12-16-20-28-42-31-29-35(3)24-23-30(31)34(38)41-27-19-15-11-10-14-18-22-33(37)40-26-7-5-2/h30-31H,4-29H2,1-3H3. The smallest absolute Gasteiger partial charge is 0.310 e. The molecule has 0 aromatic carbocycles. The molecule has 2 unspecified atom stereocenters. The molecule has 2 atom stereocenters. The van der Waals surface area contributed by atoms with Crippen molar-refractivity contribution in [3.8, 4) is 0 Å². The highest BCUT2D eigenvalue weighted by molar-refractivity contribution is 7.99. The van der Waals surface area contributed by atoms with Crippen LogP contribution in [0.5, 0.6) is 0 Å². The van der Waals surface area contributed by atoms with Gasteiger partial charge in [0, 0.05) is 24.6 Å². The number of piperidine rings is 1. The van der Waals surface area contributed by atoms with Crippen LogP contribution in [0.15, 0.2) is 0 Å². The molecule has 7 nitrogen and oxygen atoms in total. The Hall–Kier alpha value is -1.28. The zero-order valence-corrected chi connectivity index (χ0v) is 28.2. The summed E-state index contributed by atoms with van der Waals surface area (Å²) in [6.45, 7) is 7.74. The molecule has 8 heteroatoms. The molecule has 0 radical (unpaired) electrons. The number of hydrogen-bond acceptors (Lipinski definition) is 8. The van der Waals surface area contributed by atoms with E-state index in [1.165, 1.54) is 32.1 Å². The minimum Gasteiger partial charge on any atom is -0.466 e. The second kappa shape index (κ2) is 27.3. The third kappa shape index (κ3) is 21.4.